The van der Waals surface area contributed by atoms with Crippen molar-refractivity contribution in [3.8, 4) is 0 Å². The summed E-state index contributed by atoms with van der Waals surface area (Å²) in [7, 11) is 0. The molecular formula is C16H18N4O. The number of anilines is 2. The van der Waals surface area contributed by atoms with Crippen molar-refractivity contribution in [2.24, 2.45) is 5.73 Å². The Labute approximate surface area is 123 Å². The summed E-state index contributed by atoms with van der Waals surface area (Å²) in [5, 5.41) is 0. The summed E-state index contributed by atoms with van der Waals surface area (Å²) in [5.74, 6) is 0.121. The zero-order valence-electron chi connectivity index (χ0n) is 11.7. The van der Waals surface area contributed by atoms with Crippen LogP contribution in [0.5, 0.6) is 0 Å². The SMILES string of the molecule is NC(=O)c1cc(N)cnc1N1CCCc2ccccc2C1. The predicted octanol–water partition coefficient (Wildman–Crippen LogP) is 1.72. The molecule has 4 N–H and O–H groups in total. The molecule has 1 aliphatic heterocycles. The van der Waals surface area contributed by atoms with Gasteiger partial charge in [0.2, 0.25) is 0 Å². The molecular weight excluding hydrogens is 264 g/mol. The number of aryl methyl sites for hydroxylation is 1. The van der Waals surface area contributed by atoms with Gasteiger partial charge in [-0.15, -0.1) is 0 Å². The first-order valence-corrected chi connectivity index (χ1v) is 7.02. The minimum absolute atomic E-state index is 0.384. The van der Waals surface area contributed by atoms with E-state index in [0.717, 1.165) is 25.9 Å². The molecule has 0 radical (unpaired) electrons. The van der Waals surface area contributed by atoms with E-state index in [4.69, 9.17) is 11.5 Å². The molecule has 1 aliphatic rings. The summed E-state index contributed by atoms with van der Waals surface area (Å²) in [6, 6.07) is 9.97. The summed E-state index contributed by atoms with van der Waals surface area (Å²) >= 11 is 0. The highest BCUT2D eigenvalue weighted by molar-refractivity contribution is 5.98. The fourth-order valence-corrected chi connectivity index (χ4v) is 2.79. The molecule has 0 fully saturated rings. The van der Waals surface area contributed by atoms with Crippen molar-refractivity contribution in [3.05, 3.63) is 53.2 Å². The minimum Gasteiger partial charge on any atom is -0.397 e. The van der Waals surface area contributed by atoms with Crippen molar-refractivity contribution in [1.29, 1.82) is 0 Å². The molecule has 1 aromatic heterocycles. The van der Waals surface area contributed by atoms with E-state index in [1.54, 1.807) is 12.3 Å². The third kappa shape index (κ3) is 2.67. The largest absolute Gasteiger partial charge is 0.397 e. The Kier molecular flexibility index (Phi) is 3.48. The molecule has 0 saturated carbocycles. The molecule has 3 rings (SSSR count). The van der Waals surface area contributed by atoms with Crippen LogP contribution in [0.25, 0.3) is 0 Å². The second-order valence-electron chi connectivity index (χ2n) is 5.30. The smallest absolute Gasteiger partial charge is 0.252 e. The van der Waals surface area contributed by atoms with Gasteiger partial charge in [-0.05, 0) is 30.0 Å². The van der Waals surface area contributed by atoms with Gasteiger partial charge in [-0.2, -0.15) is 0 Å². The van der Waals surface area contributed by atoms with Gasteiger partial charge in [0.1, 0.15) is 5.82 Å². The van der Waals surface area contributed by atoms with E-state index < -0.39 is 5.91 Å². The highest BCUT2D eigenvalue weighted by Gasteiger charge is 2.20. The number of nitrogen functional groups attached to an aromatic ring is 1. The van der Waals surface area contributed by atoms with Crippen molar-refractivity contribution in [2.75, 3.05) is 17.2 Å². The molecule has 0 atom stereocenters. The number of primary amides is 1. The molecule has 5 heteroatoms. The van der Waals surface area contributed by atoms with E-state index in [1.807, 2.05) is 6.07 Å². The molecule has 0 spiro atoms. The van der Waals surface area contributed by atoms with Crippen LogP contribution in [0.4, 0.5) is 11.5 Å². The number of pyridine rings is 1. The Morgan fingerprint density at radius 1 is 1.24 bits per heavy atom. The standard InChI is InChI=1S/C16H18N4O/c17-13-8-14(15(18)21)16(19-9-13)20-7-3-6-11-4-1-2-5-12(11)10-20/h1-2,4-5,8-9H,3,6-7,10,17H2,(H2,18,21). The third-order valence-electron chi connectivity index (χ3n) is 3.81. The second-order valence-corrected chi connectivity index (χ2v) is 5.30. The summed E-state index contributed by atoms with van der Waals surface area (Å²) < 4.78 is 0. The maximum absolute atomic E-state index is 11.6. The van der Waals surface area contributed by atoms with Crippen LogP contribution >= 0.6 is 0 Å². The highest BCUT2D eigenvalue weighted by Crippen LogP contribution is 2.26. The van der Waals surface area contributed by atoms with Crippen LogP contribution in [-0.4, -0.2) is 17.4 Å². The minimum atomic E-state index is -0.498. The maximum Gasteiger partial charge on any atom is 0.252 e. The first kappa shape index (κ1) is 13.4. The van der Waals surface area contributed by atoms with E-state index in [-0.39, 0.29) is 0 Å². The van der Waals surface area contributed by atoms with Crippen molar-refractivity contribution in [1.82, 2.24) is 4.98 Å². The van der Waals surface area contributed by atoms with Crippen LogP contribution < -0.4 is 16.4 Å². The lowest BCUT2D eigenvalue weighted by atomic mass is 10.0. The van der Waals surface area contributed by atoms with Gasteiger partial charge in [-0.25, -0.2) is 4.98 Å². The second kappa shape index (κ2) is 5.44. The number of carbonyl (C=O) groups excluding carboxylic acids is 1. The number of amides is 1. The van der Waals surface area contributed by atoms with Gasteiger partial charge in [0.25, 0.3) is 5.91 Å². The Morgan fingerprint density at radius 3 is 2.76 bits per heavy atom. The Hall–Kier alpha value is -2.56. The fourth-order valence-electron chi connectivity index (χ4n) is 2.79. The highest BCUT2D eigenvalue weighted by atomic mass is 16.1. The Balaban J connectivity index is 2.00. The topological polar surface area (TPSA) is 85.2 Å². The van der Waals surface area contributed by atoms with Gasteiger partial charge in [0.05, 0.1) is 17.4 Å². The molecule has 5 nitrogen and oxygen atoms in total. The molecule has 0 bridgehead atoms. The zero-order chi connectivity index (χ0) is 14.8. The van der Waals surface area contributed by atoms with Crippen LogP contribution in [0.3, 0.4) is 0 Å². The molecule has 21 heavy (non-hydrogen) atoms. The van der Waals surface area contributed by atoms with Gasteiger partial charge in [0, 0.05) is 13.1 Å². The van der Waals surface area contributed by atoms with Gasteiger partial charge in [0.15, 0.2) is 0 Å². The van der Waals surface area contributed by atoms with Gasteiger partial charge in [-0.3, -0.25) is 4.79 Å². The zero-order valence-corrected chi connectivity index (χ0v) is 11.7. The van der Waals surface area contributed by atoms with Crippen LogP contribution in [0.15, 0.2) is 36.5 Å². The summed E-state index contributed by atoms with van der Waals surface area (Å²) in [6.07, 6.45) is 3.62. The van der Waals surface area contributed by atoms with Crippen LogP contribution in [0, 0.1) is 0 Å². The Morgan fingerprint density at radius 2 is 2.00 bits per heavy atom. The van der Waals surface area contributed by atoms with E-state index in [1.165, 1.54) is 11.1 Å². The third-order valence-corrected chi connectivity index (χ3v) is 3.81. The van der Waals surface area contributed by atoms with E-state index in [2.05, 4.69) is 28.1 Å². The number of rotatable bonds is 2. The van der Waals surface area contributed by atoms with Crippen molar-refractivity contribution < 1.29 is 4.79 Å². The van der Waals surface area contributed by atoms with E-state index in [9.17, 15) is 4.79 Å². The summed E-state index contributed by atoms with van der Waals surface area (Å²) in [6.45, 7) is 1.57. The van der Waals surface area contributed by atoms with Crippen molar-refractivity contribution in [3.63, 3.8) is 0 Å². The lowest BCUT2D eigenvalue weighted by molar-refractivity contribution is 0.100. The molecule has 0 unspecified atom stereocenters. The normalized spacial score (nSPS) is 14.4. The Bertz CT molecular complexity index is 684. The number of nitrogens with two attached hydrogens (primary N) is 2. The average Bonchev–Trinajstić information content (AvgIpc) is 2.69. The average molecular weight is 282 g/mol. The molecule has 2 heterocycles. The van der Waals surface area contributed by atoms with Crippen molar-refractivity contribution >= 4 is 17.4 Å². The number of aromatic nitrogens is 1. The number of hydrogen-bond acceptors (Lipinski definition) is 4. The number of carbonyl (C=O) groups is 1. The van der Waals surface area contributed by atoms with Gasteiger partial charge >= 0.3 is 0 Å². The summed E-state index contributed by atoms with van der Waals surface area (Å²) in [5.41, 5.74) is 14.6. The molecule has 1 amide bonds. The molecule has 1 aromatic carbocycles. The molecule has 108 valence electrons. The fraction of sp³-hybridized carbons (Fsp3) is 0.250. The van der Waals surface area contributed by atoms with E-state index in [0.29, 0.717) is 17.1 Å². The monoisotopic (exact) mass is 282 g/mol. The van der Waals surface area contributed by atoms with Gasteiger partial charge < -0.3 is 16.4 Å². The van der Waals surface area contributed by atoms with Crippen LogP contribution in [-0.2, 0) is 13.0 Å². The molecule has 2 aromatic rings. The lowest BCUT2D eigenvalue weighted by Crippen LogP contribution is -2.27. The van der Waals surface area contributed by atoms with Crippen molar-refractivity contribution in [2.45, 2.75) is 19.4 Å². The predicted molar refractivity (Wildman–Crippen MR) is 83.0 cm³/mol. The van der Waals surface area contributed by atoms with Crippen LogP contribution in [0.1, 0.15) is 27.9 Å². The number of nitrogens with zero attached hydrogens (tertiary/aromatic N) is 2. The maximum atomic E-state index is 11.6. The number of benzene rings is 1. The molecule has 0 saturated heterocycles. The van der Waals surface area contributed by atoms with Gasteiger partial charge in [-0.1, -0.05) is 24.3 Å². The molecule has 0 aliphatic carbocycles. The van der Waals surface area contributed by atoms with Crippen LogP contribution in [0.2, 0.25) is 0 Å². The first-order valence-electron chi connectivity index (χ1n) is 7.02. The lowest BCUT2D eigenvalue weighted by Gasteiger charge is -2.24. The number of fused-ring (bicyclic) bond motifs is 1. The van der Waals surface area contributed by atoms with E-state index >= 15 is 0 Å². The quantitative estimate of drug-likeness (QED) is 0.878. The number of hydrogen-bond donors (Lipinski definition) is 2. The summed E-state index contributed by atoms with van der Waals surface area (Å²) in [4.78, 5) is 18.1. The first-order chi connectivity index (χ1) is 10.1.